The van der Waals surface area contributed by atoms with Crippen molar-refractivity contribution in [1.29, 1.82) is 0 Å². The van der Waals surface area contributed by atoms with E-state index in [2.05, 4.69) is 11.8 Å². The topological polar surface area (TPSA) is 88.1 Å². The molecule has 0 aliphatic heterocycles. The first kappa shape index (κ1) is 27.3. The van der Waals surface area contributed by atoms with Crippen molar-refractivity contribution in [2.45, 2.75) is 67.4 Å². The zero-order valence-corrected chi connectivity index (χ0v) is 19.1. The molecule has 168 valence electrons. The van der Waals surface area contributed by atoms with Crippen molar-refractivity contribution >= 4 is 18.1 Å². The summed E-state index contributed by atoms with van der Waals surface area (Å²) in [6.07, 6.45) is 9.79. The Bertz CT molecular complexity index is 645. The first-order chi connectivity index (χ1) is 13.7. The van der Waals surface area contributed by atoms with Gasteiger partial charge in [-0.3, -0.25) is 9.59 Å². The largest absolute Gasteiger partial charge is 0.508 e. The monoisotopic (exact) mass is 422 g/mol. The SMILES string of the molecule is C#CCC(C)(C)C(=O)OCC(C)(COC(=O)OC(C)C)COC(=O)C(C)(C)CC#C. The van der Waals surface area contributed by atoms with E-state index >= 15 is 0 Å². The van der Waals surface area contributed by atoms with E-state index in [1.54, 1.807) is 48.5 Å². The fourth-order valence-electron chi connectivity index (χ4n) is 2.11. The quantitative estimate of drug-likeness (QED) is 0.285. The number of hydrogen-bond acceptors (Lipinski definition) is 7. The molecule has 0 saturated heterocycles. The van der Waals surface area contributed by atoms with Gasteiger partial charge in [0.2, 0.25) is 0 Å². The van der Waals surface area contributed by atoms with Crippen LogP contribution in [0.5, 0.6) is 0 Å². The number of hydrogen-bond donors (Lipinski definition) is 0. The fraction of sp³-hybridized carbons (Fsp3) is 0.696. The summed E-state index contributed by atoms with van der Waals surface area (Å²) in [5.41, 5.74) is -2.75. The van der Waals surface area contributed by atoms with E-state index in [9.17, 15) is 14.4 Å². The highest BCUT2D eigenvalue weighted by Crippen LogP contribution is 2.27. The van der Waals surface area contributed by atoms with Crippen LogP contribution in [0, 0.1) is 40.9 Å². The Morgan fingerprint density at radius 2 is 1.13 bits per heavy atom. The number of rotatable bonds is 11. The van der Waals surface area contributed by atoms with Crippen molar-refractivity contribution in [2.75, 3.05) is 19.8 Å². The van der Waals surface area contributed by atoms with Crippen LogP contribution in [0.3, 0.4) is 0 Å². The molecule has 0 rings (SSSR count). The maximum absolute atomic E-state index is 12.4. The molecule has 0 aromatic rings. The van der Waals surface area contributed by atoms with Crippen LogP contribution in [-0.4, -0.2) is 44.0 Å². The Kier molecular flexibility index (Phi) is 10.5. The van der Waals surface area contributed by atoms with Crippen molar-refractivity contribution in [3.05, 3.63) is 0 Å². The normalized spacial score (nSPS) is 11.8. The summed E-state index contributed by atoms with van der Waals surface area (Å²) in [4.78, 5) is 36.5. The summed E-state index contributed by atoms with van der Waals surface area (Å²) in [6.45, 7) is 11.2. The van der Waals surface area contributed by atoms with E-state index in [4.69, 9.17) is 31.8 Å². The minimum atomic E-state index is -1.00. The summed E-state index contributed by atoms with van der Waals surface area (Å²) >= 11 is 0. The molecule has 0 aliphatic rings. The van der Waals surface area contributed by atoms with Gasteiger partial charge in [0.15, 0.2) is 0 Å². The average molecular weight is 423 g/mol. The summed E-state index contributed by atoms with van der Waals surface area (Å²) < 4.78 is 20.9. The van der Waals surface area contributed by atoms with Crippen LogP contribution in [0.25, 0.3) is 0 Å². The maximum atomic E-state index is 12.4. The van der Waals surface area contributed by atoms with Gasteiger partial charge < -0.3 is 18.9 Å². The number of esters is 2. The number of carbonyl (C=O) groups is 3. The first-order valence-corrected chi connectivity index (χ1v) is 9.74. The van der Waals surface area contributed by atoms with E-state index in [1.165, 1.54) is 0 Å². The Balaban J connectivity index is 5.23. The van der Waals surface area contributed by atoms with Crippen LogP contribution < -0.4 is 0 Å². The average Bonchev–Trinajstić information content (AvgIpc) is 2.62. The molecule has 0 aliphatic carbocycles. The highest BCUT2D eigenvalue weighted by molar-refractivity contribution is 5.77. The van der Waals surface area contributed by atoms with Gasteiger partial charge in [-0.15, -0.1) is 24.7 Å². The second-order valence-electron chi connectivity index (χ2n) is 9.20. The maximum Gasteiger partial charge on any atom is 0.508 e. The Hall–Kier alpha value is -2.67. The summed E-state index contributed by atoms with van der Waals surface area (Å²) in [7, 11) is 0. The number of ether oxygens (including phenoxy) is 4. The molecule has 0 spiro atoms. The van der Waals surface area contributed by atoms with Crippen molar-refractivity contribution in [3.8, 4) is 24.7 Å². The molecule has 0 amide bonds. The number of terminal acetylenes is 2. The molecule has 0 aromatic carbocycles. The lowest BCUT2D eigenvalue weighted by molar-refractivity contribution is -0.166. The lowest BCUT2D eigenvalue weighted by Gasteiger charge is -2.31. The summed E-state index contributed by atoms with van der Waals surface area (Å²) in [6, 6.07) is 0. The second-order valence-corrected chi connectivity index (χ2v) is 9.20. The van der Waals surface area contributed by atoms with Crippen LogP contribution >= 0.6 is 0 Å². The van der Waals surface area contributed by atoms with Crippen LogP contribution in [0.2, 0.25) is 0 Å². The third-order valence-corrected chi connectivity index (χ3v) is 4.17. The van der Waals surface area contributed by atoms with Gasteiger partial charge in [0.1, 0.15) is 19.8 Å². The predicted octanol–water partition coefficient (Wildman–Crippen LogP) is 3.74. The van der Waals surface area contributed by atoms with Gasteiger partial charge in [-0.05, 0) is 48.5 Å². The predicted molar refractivity (Wildman–Crippen MR) is 112 cm³/mol. The molecule has 0 radical (unpaired) electrons. The van der Waals surface area contributed by atoms with Crippen LogP contribution in [0.4, 0.5) is 4.79 Å². The van der Waals surface area contributed by atoms with E-state index in [0.717, 1.165) is 0 Å². The minimum absolute atomic E-state index is 0.155. The first-order valence-electron chi connectivity index (χ1n) is 9.74. The molecule has 30 heavy (non-hydrogen) atoms. The van der Waals surface area contributed by atoms with E-state index < -0.39 is 34.3 Å². The zero-order valence-electron chi connectivity index (χ0n) is 19.1. The van der Waals surface area contributed by atoms with Gasteiger partial charge in [-0.2, -0.15) is 0 Å². The molecular formula is C23H34O7. The van der Waals surface area contributed by atoms with Gasteiger partial charge in [0.25, 0.3) is 0 Å². The van der Waals surface area contributed by atoms with Crippen LogP contribution in [0.1, 0.15) is 61.3 Å². The molecule has 0 fully saturated rings. The van der Waals surface area contributed by atoms with Gasteiger partial charge in [0.05, 0.1) is 22.3 Å². The molecule has 0 atom stereocenters. The molecular weight excluding hydrogens is 388 g/mol. The lowest BCUT2D eigenvalue weighted by atomic mass is 9.89. The van der Waals surface area contributed by atoms with Crippen molar-refractivity contribution in [2.24, 2.45) is 16.2 Å². The van der Waals surface area contributed by atoms with Crippen molar-refractivity contribution in [1.82, 2.24) is 0 Å². The summed E-state index contributed by atoms with van der Waals surface area (Å²) in [5, 5.41) is 0. The third kappa shape index (κ3) is 9.69. The molecule has 0 heterocycles. The van der Waals surface area contributed by atoms with E-state index in [0.29, 0.717) is 0 Å². The molecule has 0 unspecified atom stereocenters. The molecule has 7 nitrogen and oxygen atoms in total. The van der Waals surface area contributed by atoms with E-state index in [-0.39, 0.29) is 38.8 Å². The second kappa shape index (κ2) is 11.5. The van der Waals surface area contributed by atoms with Gasteiger partial charge in [-0.1, -0.05) is 0 Å². The van der Waals surface area contributed by atoms with Crippen molar-refractivity contribution in [3.63, 3.8) is 0 Å². The molecule has 0 aromatic heterocycles. The highest BCUT2D eigenvalue weighted by Gasteiger charge is 2.36. The van der Waals surface area contributed by atoms with Crippen LogP contribution in [0.15, 0.2) is 0 Å². The van der Waals surface area contributed by atoms with Gasteiger partial charge in [0, 0.05) is 12.8 Å². The van der Waals surface area contributed by atoms with Gasteiger partial charge in [-0.25, -0.2) is 4.79 Å². The highest BCUT2D eigenvalue weighted by atomic mass is 16.7. The third-order valence-electron chi connectivity index (χ3n) is 4.17. The molecule has 0 N–H and O–H groups in total. The molecule has 0 saturated carbocycles. The summed E-state index contributed by atoms with van der Waals surface area (Å²) in [5.74, 6) is 3.87. The van der Waals surface area contributed by atoms with E-state index in [1.807, 2.05) is 0 Å². The minimum Gasteiger partial charge on any atom is -0.464 e. The Morgan fingerprint density at radius 1 is 0.767 bits per heavy atom. The Morgan fingerprint density at radius 3 is 1.47 bits per heavy atom. The lowest BCUT2D eigenvalue weighted by Crippen LogP contribution is -2.40. The fourth-order valence-corrected chi connectivity index (χ4v) is 2.11. The smallest absolute Gasteiger partial charge is 0.464 e. The van der Waals surface area contributed by atoms with Gasteiger partial charge >= 0.3 is 18.1 Å². The zero-order chi connectivity index (χ0) is 23.6. The Labute approximate surface area is 180 Å². The molecule has 0 bridgehead atoms. The van der Waals surface area contributed by atoms with Crippen LogP contribution in [-0.2, 0) is 28.5 Å². The standard InChI is InChI=1S/C23H34O7/c1-10-12-21(5,6)18(24)27-14-23(9,16-29-20(26)30-17(3)4)15-28-19(25)22(7,8)13-11-2/h1-2,17H,12-16H2,3-9H3. The van der Waals surface area contributed by atoms with Crippen molar-refractivity contribution < 1.29 is 33.3 Å². The molecule has 7 heteroatoms. The number of carbonyl (C=O) groups excluding carboxylic acids is 3.